The normalized spacial score (nSPS) is 17.7. The highest BCUT2D eigenvalue weighted by molar-refractivity contribution is 7.89. The van der Waals surface area contributed by atoms with Gasteiger partial charge >= 0.3 is 5.97 Å². The van der Waals surface area contributed by atoms with E-state index in [9.17, 15) is 28.1 Å². The first-order chi connectivity index (χ1) is 11.6. The smallest absolute Gasteiger partial charge is 0.326 e. The molecule has 1 aliphatic heterocycles. The number of likely N-dealkylation sites (tertiary alicyclic amines) is 1. The molecule has 1 aromatic carbocycles. The molecule has 1 heterocycles. The molecule has 0 saturated carbocycles. The van der Waals surface area contributed by atoms with Crippen molar-refractivity contribution in [1.29, 1.82) is 0 Å². The Hall–Kier alpha value is -2.53. The van der Waals surface area contributed by atoms with Crippen molar-refractivity contribution in [3.63, 3.8) is 0 Å². The van der Waals surface area contributed by atoms with E-state index in [1.54, 1.807) is 0 Å². The SMILES string of the molecule is CN(CC(=O)N1CCC[C@H]1C(=O)O)S(=O)(=O)c1cccc([N+](=O)[O-])c1. The van der Waals surface area contributed by atoms with Crippen LogP contribution in [0.4, 0.5) is 5.69 Å². The van der Waals surface area contributed by atoms with Gasteiger partial charge in [-0.25, -0.2) is 13.2 Å². The van der Waals surface area contributed by atoms with Crippen molar-refractivity contribution >= 4 is 27.6 Å². The van der Waals surface area contributed by atoms with Crippen molar-refractivity contribution in [2.24, 2.45) is 0 Å². The zero-order valence-corrected chi connectivity index (χ0v) is 14.2. The summed E-state index contributed by atoms with van der Waals surface area (Å²) in [6.45, 7) is -0.296. The number of benzene rings is 1. The molecular weight excluding hydrogens is 354 g/mol. The maximum absolute atomic E-state index is 12.5. The third-order valence-corrected chi connectivity index (χ3v) is 5.75. The molecule has 25 heavy (non-hydrogen) atoms. The maximum Gasteiger partial charge on any atom is 0.326 e. The number of carboxylic acid groups (broad SMARTS) is 1. The van der Waals surface area contributed by atoms with E-state index >= 15 is 0 Å². The molecule has 1 aromatic rings. The molecule has 0 bridgehead atoms. The van der Waals surface area contributed by atoms with Crippen LogP contribution in [0.3, 0.4) is 0 Å². The number of hydrogen-bond acceptors (Lipinski definition) is 6. The topological polar surface area (TPSA) is 138 Å². The molecule has 1 amide bonds. The summed E-state index contributed by atoms with van der Waals surface area (Å²) in [5, 5.41) is 19.9. The van der Waals surface area contributed by atoms with Crippen LogP contribution in [0, 0.1) is 10.1 Å². The second-order valence-electron chi connectivity index (χ2n) is 5.60. The summed E-state index contributed by atoms with van der Waals surface area (Å²) in [6, 6.07) is 3.54. The van der Waals surface area contributed by atoms with E-state index in [0.29, 0.717) is 12.8 Å². The highest BCUT2D eigenvalue weighted by atomic mass is 32.2. The molecule has 11 heteroatoms. The number of nitro groups is 1. The summed E-state index contributed by atoms with van der Waals surface area (Å²) in [7, 11) is -2.96. The average molecular weight is 371 g/mol. The fourth-order valence-electron chi connectivity index (χ4n) is 2.63. The Morgan fingerprint density at radius 3 is 2.72 bits per heavy atom. The lowest BCUT2D eigenvalue weighted by molar-refractivity contribution is -0.385. The van der Waals surface area contributed by atoms with Gasteiger partial charge in [-0.3, -0.25) is 14.9 Å². The summed E-state index contributed by atoms with van der Waals surface area (Å²) in [6.07, 6.45) is 0.854. The van der Waals surface area contributed by atoms with Crippen LogP contribution >= 0.6 is 0 Å². The molecule has 1 N–H and O–H groups in total. The Morgan fingerprint density at radius 2 is 2.12 bits per heavy atom. The molecule has 1 fully saturated rings. The summed E-state index contributed by atoms with van der Waals surface area (Å²) in [5.74, 6) is -1.75. The minimum Gasteiger partial charge on any atom is -0.480 e. The number of sulfonamides is 1. The van der Waals surface area contributed by atoms with E-state index in [4.69, 9.17) is 5.11 Å². The number of nitro benzene ring substituents is 1. The number of amides is 1. The third-order valence-electron chi connectivity index (χ3n) is 3.95. The van der Waals surface area contributed by atoms with Gasteiger partial charge in [0.2, 0.25) is 15.9 Å². The predicted molar refractivity (Wildman–Crippen MR) is 85.3 cm³/mol. The van der Waals surface area contributed by atoms with Gasteiger partial charge in [-0.15, -0.1) is 0 Å². The Bertz CT molecular complexity index is 808. The molecular formula is C14H17N3O7S. The summed E-state index contributed by atoms with van der Waals surface area (Å²) >= 11 is 0. The van der Waals surface area contributed by atoms with Crippen LogP contribution < -0.4 is 0 Å². The van der Waals surface area contributed by atoms with Gasteiger partial charge in [-0.05, 0) is 18.9 Å². The van der Waals surface area contributed by atoms with Crippen molar-refractivity contribution < 1.29 is 28.0 Å². The van der Waals surface area contributed by atoms with E-state index < -0.39 is 39.4 Å². The highest BCUT2D eigenvalue weighted by Gasteiger charge is 2.35. The van der Waals surface area contributed by atoms with Gasteiger partial charge in [0.1, 0.15) is 6.04 Å². The van der Waals surface area contributed by atoms with Crippen LogP contribution in [-0.4, -0.2) is 65.7 Å². The summed E-state index contributed by atoms with van der Waals surface area (Å²) in [5.41, 5.74) is -0.383. The first-order valence-corrected chi connectivity index (χ1v) is 8.81. The van der Waals surface area contributed by atoms with Gasteiger partial charge in [0, 0.05) is 25.7 Å². The number of carbonyl (C=O) groups is 2. The fraction of sp³-hybridized carbons (Fsp3) is 0.429. The van der Waals surface area contributed by atoms with Crippen LogP contribution in [0.2, 0.25) is 0 Å². The second kappa shape index (κ2) is 7.15. The lowest BCUT2D eigenvalue weighted by Gasteiger charge is -2.24. The molecule has 0 radical (unpaired) electrons. The minimum absolute atomic E-state index is 0.250. The quantitative estimate of drug-likeness (QED) is 0.560. The van der Waals surface area contributed by atoms with Gasteiger partial charge in [0.15, 0.2) is 0 Å². The largest absolute Gasteiger partial charge is 0.480 e. The molecule has 0 spiro atoms. The summed E-state index contributed by atoms with van der Waals surface area (Å²) in [4.78, 5) is 34.3. The Labute approximate surface area is 143 Å². The van der Waals surface area contributed by atoms with Crippen molar-refractivity contribution in [2.75, 3.05) is 20.1 Å². The molecule has 0 unspecified atom stereocenters. The minimum atomic E-state index is -4.12. The fourth-order valence-corrected chi connectivity index (χ4v) is 3.79. The number of nitrogens with zero attached hydrogens (tertiary/aromatic N) is 3. The molecule has 10 nitrogen and oxygen atoms in total. The number of likely N-dealkylation sites (N-methyl/N-ethyl adjacent to an activating group) is 1. The Kier molecular flexibility index (Phi) is 5.38. The number of non-ortho nitro benzene ring substituents is 1. The predicted octanol–water partition coefficient (Wildman–Crippen LogP) is 0.291. The average Bonchev–Trinajstić information content (AvgIpc) is 3.04. The van der Waals surface area contributed by atoms with Gasteiger partial charge in [0.05, 0.1) is 16.4 Å². The lowest BCUT2D eigenvalue weighted by atomic mass is 10.2. The van der Waals surface area contributed by atoms with Crippen LogP contribution in [0.15, 0.2) is 29.2 Å². The molecule has 1 saturated heterocycles. The third kappa shape index (κ3) is 3.94. The lowest BCUT2D eigenvalue weighted by Crippen LogP contribution is -2.45. The van der Waals surface area contributed by atoms with E-state index in [2.05, 4.69) is 0 Å². The van der Waals surface area contributed by atoms with Crippen LogP contribution in [0.25, 0.3) is 0 Å². The van der Waals surface area contributed by atoms with E-state index in [1.807, 2.05) is 0 Å². The van der Waals surface area contributed by atoms with Gasteiger partial charge < -0.3 is 10.0 Å². The number of carbonyl (C=O) groups excluding carboxylic acids is 1. The van der Waals surface area contributed by atoms with E-state index in [1.165, 1.54) is 12.1 Å². The number of hydrogen-bond donors (Lipinski definition) is 1. The van der Waals surface area contributed by atoms with Crippen LogP contribution in [-0.2, 0) is 19.6 Å². The zero-order chi connectivity index (χ0) is 18.8. The summed E-state index contributed by atoms with van der Waals surface area (Å²) < 4.78 is 25.7. The Morgan fingerprint density at radius 1 is 1.44 bits per heavy atom. The number of rotatable bonds is 6. The first-order valence-electron chi connectivity index (χ1n) is 7.37. The zero-order valence-electron chi connectivity index (χ0n) is 13.4. The molecule has 0 aliphatic carbocycles. The highest BCUT2D eigenvalue weighted by Crippen LogP contribution is 2.22. The van der Waals surface area contributed by atoms with Crippen molar-refractivity contribution in [3.8, 4) is 0 Å². The van der Waals surface area contributed by atoms with Crippen molar-refractivity contribution in [3.05, 3.63) is 34.4 Å². The van der Waals surface area contributed by atoms with E-state index in [-0.39, 0.29) is 17.1 Å². The van der Waals surface area contributed by atoms with Gasteiger partial charge in [-0.1, -0.05) is 6.07 Å². The van der Waals surface area contributed by atoms with Crippen molar-refractivity contribution in [1.82, 2.24) is 9.21 Å². The molecule has 136 valence electrons. The molecule has 2 rings (SSSR count). The van der Waals surface area contributed by atoms with E-state index in [0.717, 1.165) is 28.4 Å². The van der Waals surface area contributed by atoms with Crippen LogP contribution in [0.5, 0.6) is 0 Å². The maximum atomic E-state index is 12.5. The molecule has 1 aliphatic rings. The van der Waals surface area contributed by atoms with Gasteiger partial charge in [-0.2, -0.15) is 4.31 Å². The first kappa shape index (κ1) is 18.8. The molecule has 1 atom stereocenters. The number of aliphatic carboxylic acids is 1. The second-order valence-corrected chi connectivity index (χ2v) is 7.64. The van der Waals surface area contributed by atoms with Crippen molar-refractivity contribution in [2.45, 2.75) is 23.8 Å². The molecule has 0 aromatic heterocycles. The van der Waals surface area contributed by atoms with Crippen LogP contribution in [0.1, 0.15) is 12.8 Å². The number of carboxylic acids is 1. The monoisotopic (exact) mass is 371 g/mol. The standard InChI is InChI=1S/C14H17N3O7S/c1-15(9-13(18)16-7-3-6-12(16)14(19)20)25(23,24)11-5-2-4-10(8-11)17(21)22/h2,4-5,8,12H,3,6-7,9H2,1H3,(H,19,20)/t12-/m0/s1. The van der Waals surface area contributed by atoms with Gasteiger partial charge in [0.25, 0.3) is 5.69 Å². The Balaban J connectivity index is 2.17.